The molecule has 0 spiro atoms. The molecule has 1 rings (SSSR count). The number of carbonyl (C=O) groups excluding carboxylic acids is 2. The summed E-state index contributed by atoms with van der Waals surface area (Å²) >= 11 is 0. The summed E-state index contributed by atoms with van der Waals surface area (Å²) in [6, 6.07) is 7.61. The maximum Gasteiger partial charge on any atom is 0.344 e. The van der Waals surface area contributed by atoms with Crippen LogP contribution in [0.4, 0.5) is 0 Å². The van der Waals surface area contributed by atoms with E-state index in [1.54, 1.807) is 0 Å². The number of rotatable bonds is 8. The van der Waals surface area contributed by atoms with Gasteiger partial charge in [0.05, 0.1) is 0 Å². The lowest BCUT2D eigenvalue weighted by molar-refractivity contribution is -0.150. The Morgan fingerprint density at radius 2 is 1.61 bits per heavy atom. The topological polar surface area (TPSA) is 64.6 Å². The summed E-state index contributed by atoms with van der Waals surface area (Å²) in [7, 11) is 0. The van der Waals surface area contributed by atoms with E-state index in [-0.39, 0.29) is 25.2 Å². The first kappa shape index (κ1) is 19.0. The number of carbonyl (C=O) groups is 2. The van der Waals surface area contributed by atoms with Crippen molar-refractivity contribution >= 4 is 11.9 Å². The van der Waals surface area contributed by atoms with Crippen LogP contribution in [0, 0.1) is 5.92 Å². The van der Waals surface area contributed by atoms with Crippen LogP contribution in [-0.4, -0.2) is 31.1 Å². The maximum absolute atomic E-state index is 11.6. The SMILES string of the molecule is CC(C)c1ccc(OCC(=O)OCC(=O)N[C@H](C)C(C)C)cc1. The van der Waals surface area contributed by atoms with E-state index in [0.717, 1.165) is 0 Å². The van der Waals surface area contributed by atoms with E-state index < -0.39 is 5.97 Å². The van der Waals surface area contributed by atoms with Crippen LogP contribution >= 0.6 is 0 Å². The average Bonchev–Trinajstić information content (AvgIpc) is 2.51. The first-order chi connectivity index (χ1) is 10.8. The van der Waals surface area contributed by atoms with Gasteiger partial charge in [-0.05, 0) is 36.5 Å². The molecule has 0 saturated heterocycles. The van der Waals surface area contributed by atoms with E-state index in [0.29, 0.717) is 17.6 Å². The highest BCUT2D eigenvalue weighted by atomic mass is 16.6. The monoisotopic (exact) mass is 321 g/mol. The average molecular weight is 321 g/mol. The Morgan fingerprint density at radius 3 is 2.13 bits per heavy atom. The summed E-state index contributed by atoms with van der Waals surface area (Å²) in [5.41, 5.74) is 1.20. The second-order valence-electron chi connectivity index (χ2n) is 6.27. The zero-order valence-electron chi connectivity index (χ0n) is 14.6. The highest BCUT2D eigenvalue weighted by Gasteiger charge is 2.13. The van der Waals surface area contributed by atoms with Crippen molar-refractivity contribution in [1.82, 2.24) is 5.32 Å². The third-order valence-corrected chi connectivity index (χ3v) is 3.66. The van der Waals surface area contributed by atoms with Crippen LogP contribution in [0.15, 0.2) is 24.3 Å². The third-order valence-electron chi connectivity index (χ3n) is 3.66. The predicted molar refractivity (Wildman–Crippen MR) is 89.4 cm³/mol. The van der Waals surface area contributed by atoms with E-state index in [1.165, 1.54) is 5.56 Å². The fraction of sp³-hybridized carbons (Fsp3) is 0.556. The molecule has 0 heterocycles. The minimum absolute atomic E-state index is 0.0388. The lowest BCUT2D eigenvalue weighted by atomic mass is 10.0. The minimum atomic E-state index is -0.565. The summed E-state index contributed by atoms with van der Waals surface area (Å²) in [5.74, 6) is 0.503. The van der Waals surface area contributed by atoms with Gasteiger partial charge in [-0.15, -0.1) is 0 Å². The molecule has 1 atom stereocenters. The van der Waals surface area contributed by atoms with E-state index in [4.69, 9.17) is 9.47 Å². The largest absolute Gasteiger partial charge is 0.482 e. The van der Waals surface area contributed by atoms with Gasteiger partial charge in [0.1, 0.15) is 5.75 Å². The molecular formula is C18H27NO4. The molecule has 0 bridgehead atoms. The Balaban J connectivity index is 2.30. The van der Waals surface area contributed by atoms with Crippen LogP contribution in [0.1, 0.15) is 46.1 Å². The number of nitrogens with one attached hydrogen (secondary N) is 1. The lowest BCUT2D eigenvalue weighted by Crippen LogP contribution is -2.39. The van der Waals surface area contributed by atoms with Gasteiger partial charge >= 0.3 is 5.97 Å². The molecule has 1 aromatic carbocycles. The molecule has 0 aliphatic rings. The van der Waals surface area contributed by atoms with E-state index in [1.807, 2.05) is 45.0 Å². The molecule has 0 aliphatic heterocycles. The molecule has 0 saturated carbocycles. The van der Waals surface area contributed by atoms with Gasteiger partial charge < -0.3 is 14.8 Å². The molecule has 0 aromatic heterocycles. The lowest BCUT2D eigenvalue weighted by Gasteiger charge is -2.17. The first-order valence-corrected chi connectivity index (χ1v) is 7.97. The molecule has 0 aliphatic carbocycles. The molecule has 0 radical (unpaired) electrons. The molecule has 128 valence electrons. The molecule has 23 heavy (non-hydrogen) atoms. The first-order valence-electron chi connectivity index (χ1n) is 7.97. The fourth-order valence-electron chi connectivity index (χ4n) is 1.74. The summed E-state index contributed by atoms with van der Waals surface area (Å²) in [6.07, 6.45) is 0. The van der Waals surface area contributed by atoms with Crippen LogP contribution in [0.25, 0.3) is 0 Å². The van der Waals surface area contributed by atoms with Gasteiger partial charge in [-0.2, -0.15) is 0 Å². The van der Waals surface area contributed by atoms with Gasteiger partial charge in [0.15, 0.2) is 13.2 Å². The molecule has 1 amide bonds. The second-order valence-corrected chi connectivity index (χ2v) is 6.27. The van der Waals surface area contributed by atoms with Gasteiger partial charge in [-0.25, -0.2) is 4.79 Å². The second kappa shape index (κ2) is 9.18. The van der Waals surface area contributed by atoms with Crippen LogP contribution < -0.4 is 10.1 Å². The molecule has 0 unspecified atom stereocenters. The summed E-state index contributed by atoms with van der Waals surface area (Å²) in [6.45, 7) is 9.65. The van der Waals surface area contributed by atoms with Gasteiger partial charge in [0.25, 0.3) is 5.91 Å². The zero-order valence-corrected chi connectivity index (χ0v) is 14.6. The summed E-state index contributed by atoms with van der Waals surface area (Å²) in [4.78, 5) is 23.2. The molecular weight excluding hydrogens is 294 g/mol. The van der Waals surface area contributed by atoms with Gasteiger partial charge in [0.2, 0.25) is 0 Å². The zero-order chi connectivity index (χ0) is 17.4. The van der Waals surface area contributed by atoms with Crippen LogP contribution in [0.2, 0.25) is 0 Å². The molecule has 0 fully saturated rings. The number of ether oxygens (including phenoxy) is 2. The number of hydrogen-bond donors (Lipinski definition) is 1. The van der Waals surface area contributed by atoms with Crippen LogP contribution in [-0.2, 0) is 14.3 Å². The fourth-order valence-corrected chi connectivity index (χ4v) is 1.74. The van der Waals surface area contributed by atoms with Crippen molar-refractivity contribution in [2.24, 2.45) is 5.92 Å². The molecule has 5 heteroatoms. The smallest absolute Gasteiger partial charge is 0.344 e. The quantitative estimate of drug-likeness (QED) is 0.748. The normalized spacial score (nSPS) is 12.1. The highest BCUT2D eigenvalue weighted by Crippen LogP contribution is 2.18. The Kier molecular flexibility index (Phi) is 7.59. The highest BCUT2D eigenvalue weighted by molar-refractivity contribution is 5.81. The van der Waals surface area contributed by atoms with Crippen molar-refractivity contribution < 1.29 is 19.1 Å². The Morgan fingerprint density at radius 1 is 1.00 bits per heavy atom. The van der Waals surface area contributed by atoms with Crippen molar-refractivity contribution in [1.29, 1.82) is 0 Å². The van der Waals surface area contributed by atoms with Crippen LogP contribution in [0.3, 0.4) is 0 Å². The van der Waals surface area contributed by atoms with Crippen molar-refractivity contribution in [3.05, 3.63) is 29.8 Å². The van der Waals surface area contributed by atoms with Gasteiger partial charge in [-0.1, -0.05) is 39.8 Å². The molecule has 5 nitrogen and oxygen atoms in total. The standard InChI is InChI=1S/C18H27NO4/c1-12(2)14(5)19-17(20)10-23-18(21)11-22-16-8-6-15(7-9-16)13(3)4/h6-9,12-14H,10-11H2,1-5H3,(H,19,20)/t14-/m1/s1. The maximum atomic E-state index is 11.6. The van der Waals surface area contributed by atoms with Gasteiger partial charge in [0, 0.05) is 6.04 Å². The summed E-state index contributed by atoms with van der Waals surface area (Å²) < 4.78 is 10.2. The van der Waals surface area contributed by atoms with Crippen molar-refractivity contribution in [3.63, 3.8) is 0 Å². The minimum Gasteiger partial charge on any atom is -0.482 e. The number of esters is 1. The molecule has 1 aromatic rings. The Labute approximate surface area is 138 Å². The number of hydrogen-bond acceptors (Lipinski definition) is 4. The van der Waals surface area contributed by atoms with Gasteiger partial charge in [-0.3, -0.25) is 4.79 Å². The van der Waals surface area contributed by atoms with Crippen molar-refractivity contribution in [3.8, 4) is 5.75 Å². The van der Waals surface area contributed by atoms with Crippen LogP contribution in [0.5, 0.6) is 5.75 Å². The van der Waals surface area contributed by atoms with Crippen molar-refractivity contribution in [2.45, 2.75) is 46.6 Å². The third kappa shape index (κ3) is 7.17. The van der Waals surface area contributed by atoms with Crippen molar-refractivity contribution in [2.75, 3.05) is 13.2 Å². The Hall–Kier alpha value is -2.04. The van der Waals surface area contributed by atoms with E-state index in [9.17, 15) is 9.59 Å². The molecule has 1 N–H and O–H groups in total. The van der Waals surface area contributed by atoms with E-state index in [2.05, 4.69) is 19.2 Å². The summed E-state index contributed by atoms with van der Waals surface area (Å²) in [5, 5.41) is 2.77. The predicted octanol–water partition coefficient (Wildman–Crippen LogP) is 2.89. The van der Waals surface area contributed by atoms with E-state index >= 15 is 0 Å². The Bertz CT molecular complexity index is 508. The number of benzene rings is 1. The number of amides is 1.